The third kappa shape index (κ3) is 21.9. The van der Waals surface area contributed by atoms with E-state index in [-0.39, 0.29) is 68.0 Å². The van der Waals surface area contributed by atoms with Crippen molar-refractivity contribution < 1.29 is 103 Å². The lowest BCUT2D eigenvalue weighted by Gasteiger charge is -2.18. The Balaban J connectivity index is 0.000000141. The predicted molar refractivity (Wildman–Crippen MR) is 447 cm³/mol. The topological polar surface area (TPSA) is 374 Å². The van der Waals surface area contributed by atoms with Gasteiger partial charge < -0.3 is 109 Å². The van der Waals surface area contributed by atoms with Gasteiger partial charge in [-0.2, -0.15) is 46.3 Å². The van der Waals surface area contributed by atoms with E-state index in [1.54, 1.807) is 137 Å². The molecule has 0 fully saturated rings. The summed E-state index contributed by atoms with van der Waals surface area (Å²) in [4.78, 5) is 56.5. The fraction of sp³-hybridized carbons (Fsp3) is 0.205. The smallest absolute Gasteiger partial charge is 0.421 e. The van der Waals surface area contributed by atoms with Crippen LogP contribution in [-0.4, -0.2) is 127 Å². The quantitative estimate of drug-likeness (QED) is 0.0189. The van der Waals surface area contributed by atoms with Crippen molar-refractivity contribution in [3.63, 3.8) is 0 Å². The number of hydrogen-bond donors (Lipinski definition) is 9. The summed E-state index contributed by atoms with van der Waals surface area (Å²) in [5, 5.41) is 33.0. The zero-order chi connectivity index (χ0) is 86.9. The number of ether oxygens (including phenoxy) is 13. The molecule has 32 nitrogen and oxygen atoms in total. The molecular weight excluding hydrogens is 1750 g/mol. The van der Waals surface area contributed by atoms with Crippen LogP contribution in [0.1, 0.15) is 39.8 Å². The molecule has 0 saturated carbocycles. The third-order valence-corrected chi connectivity index (χ3v) is 19.3. The van der Waals surface area contributed by atoms with Crippen molar-refractivity contribution in [1.82, 2.24) is 39.9 Å². The van der Waals surface area contributed by atoms with E-state index in [1.807, 2.05) is 36.4 Å². The molecular formula is C83H74Br2F6N16O16. The molecule has 1 amide bonds. The van der Waals surface area contributed by atoms with Gasteiger partial charge in [0, 0.05) is 124 Å². The number of nitrogens with zero attached hydrogens (tertiary/aromatic N) is 8. The molecule has 0 spiro atoms. The molecule has 4 aliphatic rings. The molecule has 0 radical (unpaired) electrons. The fourth-order valence-corrected chi connectivity index (χ4v) is 12.8. The van der Waals surface area contributed by atoms with E-state index >= 15 is 0 Å². The number of aliphatic hydroxyl groups is 1. The number of para-hydroxylation sites is 2. The number of amides is 1. The van der Waals surface area contributed by atoms with Crippen LogP contribution in [0.25, 0.3) is 0 Å². The Bertz CT molecular complexity index is 5800. The van der Waals surface area contributed by atoms with Gasteiger partial charge in [0.25, 0.3) is 0 Å². The summed E-state index contributed by atoms with van der Waals surface area (Å²) in [6, 6.07) is 41.7. The number of carbonyl (C=O) groups excluding carboxylic acids is 2. The number of halogens is 8. The van der Waals surface area contributed by atoms with Gasteiger partial charge in [-0.05, 0) is 122 Å². The van der Waals surface area contributed by atoms with Crippen LogP contribution >= 0.6 is 31.9 Å². The second-order valence-electron chi connectivity index (χ2n) is 26.1. The number of rotatable bonds is 25. The highest BCUT2D eigenvalue weighted by atomic mass is 79.9. The largest absolute Gasteiger partial charge is 0.493 e. The van der Waals surface area contributed by atoms with Gasteiger partial charge in [-0.1, -0.05) is 36.4 Å². The van der Waals surface area contributed by atoms with Gasteiger partial charge in [-0.25, -0.2) is 19.9 Å². The molecule has 638 valence electrons. The number of nitrogens with one attached hydrogen (secondary N) is 8. The summed E-state index contributed by atoms with van der Waals surface area (Å²) in [5.74, 6) is 6.48. The molecule has 9 N–H and O–H groups in total. The van der Waals surface area contributed by atoms with Crippen LogP contribution in [0.2, 0.25) is 0 Å². The number of fused-ring (bicyclic) bond motifs is 4. The average molecular weight is 1830 g/mol. The maximum absolute atomic E-state index is 13.5. The maximum Gasteiger partial charge on any atom is 0.421 e. The van der Waals surface area contributed by atoms with Gasteiger partial charge in [0.2, 0.25) is 60.7 Å². The van der Waals surface area contributed by atoms with Crippen LogP contribution in [0.5, 0.6) is 74.9 Å². The Morgan fingerprint density at radius 1 is 0.447 bits per heavy atom. The molecule has 0 unspecified atom stereocenters. The lowest BCUT2D eigenvalue weighted by atomic mass is 10.0. The van der Waals surface area contributed by atoms with Crippen LogP contribution in [0, 0.1) is 0 Å². The molecule has 16 rings (SSSR count). The van der Waals surface area contributed by atoms with Gasteiger partial charge in [0.1, 0.15) is 40.1 Å². The van der Waals surface area contributed by atoms with Crippen LogP contribution in [0.15, 0.2) is 179 Å². The van der Waals surface area contributed by atoms with Crippen LogP contribution in [0.3, 0.4) is 0 Å². The number of methoxy groups -OCH3 is 7. The Morgan fingerprint density at radius 3 is 1.42 bits per heavy atom. The van der Waals surface area contributed by atoms with Crippen molar-refractivity contribution in [3.8, 4) is 74.9 Å². The molecule has 0 atom stereocenters. The van der Waals surface area contributed by atoms with Crippen molar-refractivity contribution in [2.45, 2.75) is 44.6 Å². The first kappa shape index (κ1) is 86.6. The summed E-state index contributed by atoms with van der Waals surface area (Å²) in [6.45, 7) is 0.653. The van der Waals surface area contributed by atoms with Crippen molar-refractivity contribution in [2.75, 3.05) is 112 Å². The number of alkyl halides is 6. The Labute approximate surface area is 713 Å². The van der Waals surface area contributed by atoms with Gasteiger partial charge in [-0.3, -0.25) is 9.59 Å². The first-order chi connectivity index (χ1) is 59.4. The number of aryl methyl sites for hydroxylation is 1. The zero-order valence-electron chi connectivity index (χ0n) is 66.0. The number of aromatic nitrogens is 8. The first-order valence-corrected chi connectivity index (χ1v) is 38.4. The van der Waals surface area contributed by atoms with Gasteiger partial charge in [-0.15, -0.1) is 0 Å². The normalized spacial score (nSPS) is 12.4. The SMILES string of the molecule is COC(=O)Cc1ccccc1Oc1nc(Nc2cc(OC)c(OC)c(OC)c2)ncc1Br.COc1cc(Nc2ncc(Br)c(Nc3ccccc3CO)n2)cc(OC)c1OC.FC(F)(F)c1cnc(Nc2ccc3c(c2)CCO3)nc1Nc1ccc2c(c1)OCO2.O=C1CCc2cc(Nc3ncc(C(F)(F)F)c(Nc4ccc5c(c4)OCO5)n3)ccc2N1. The Hall–Kier alpha value is -14.3. The molecule has 0 bridgehead atoms. The zero-order valence-corrected chi connectivity index (χ0v) is 69.2. The van der Waals surface area contributed by atoms with Crippen LogP contribution in [0.4, 0.5) is 113 Å². The van der Waals surface area contributed by atoms with Crippen LogP contribution in [-0.2, 0) is 52.5 Å². The summed E-state index contributed by atoms with van der Waals surface area (Å²) < 4.78 is 152. The summed E-state index contributed by atoms with van der Waals surface area (Å²) in [7, 11) is 10.6. The van der Waals surface area contributed by atoms with Gasteiger partial charge in [0.15, 0.2) is 46.0 Å². The Morgan fingerprint density at radius 2 is 0.902 bits per heavy atom. The number of benzene rings is 8. The predicted octanol–water partition coefficient (Wildman–Crippen LogP) is 18.0. The van der Waals surface area contributed by atoms with E-state index in [9.17, 15) is 41.0 Å². The van der Waals surface area contributed by atoms with Crippen molar-refractivity contribution in [1.29, 1.82) is 0 Å². The fourth-order valence-electron chi connectivity index (χ4n) is 12.2. The number of aliphatic hydroxyl groups excluding tert-OH is 1. The van der Waals surface area contributed by atoms with Crippen LogP contribution < -0.4 is 99.4 Å². The number of carbonyl (C=O) groups is 2. The highest BCUT2D eigenvalue weighted by Crippen LogP contribution is 2.46. The maximum atomic E-state index is 13.5. The van der Waals surface area contributed by atoms with E-state index in [0.717, 1.165) is 46.9 Å². The van der Waals surface area contributed by atoms with E-state index in [4.69, 9.17) is 61.6 Å². The molecule has 0 aliphatic carbocycles. The molecule has 8 heterocycles. The number of anilines is 15. The lowest BCUT2D eigenvalue weighted by Crippen LogP contribution is -2.18. The lowest BCUT2D eigenvalue weighted by molar-refractivity contribution is -0.140. The van der Waals surface area contributed by atoms with Gasteiger partial charge in [0.05, 0.1) is 84.5 Å². The number of hydrogen-bond acceptors (Lipinski definition) is 31. The summed E-state index contributed by atoms with van der Waals surface area (Å²) in [6.07, 6.45) is -2.81. The molecule has 12 aromatic rings. The number of esters is 1. The standard InChI is InChI=1S/C22H22BrN3O6.C21H16F3N5O3.C20H21BrN4O4.C20H15F3N4O3/c1-28-17-10-14(11-18(29-2)20(17)31-4)25-22-24-12-15(23)21(26-22)32-16-8-6-5-7-13(16)9-19(27)30-3;22-21(23,24)14-9-25-20(27-12-2-4-15-11(7-12)1-6-18(30)28-15)29-19(14)26-13-3-5-16-17(8-13)32-10-31-16;1-27-16-8-13(9-17(28-2)18(16)29-3)23-20-22-10-14(21)19(25-20)24-15-7-5-4-6-12(15)11-26;21-20(22,23)14-9-24-19(26-12-1-3-15-11(7-12)5-6-28-15)27-18(14)25-13-2-4-16-17(8-13)30-10-29-16/h5-8,10-12H,9H2,1-4H3,(H,24,25,26);2-5,7-9H,1,6,10H2,(H,28,30)(H2,25,26,27,29);4-10,26H,11H2,1-3H3,(H2,22,23,24,25);1-4,7-9H,5-6,10H2,(H2,24,25,26,27). The van der Waals surface area contributed by atoms with E-state index in [0.29, 0.717) is 149 Å². The molecule has 123 heavy (non-hydrogen) atoms. The molecule has 4 aromatic heterocycles. The minimum atomic E-state index is -4.65. The summed E-state index contributed by atoms with van der Waals surface area (Å²) in [5.41, 5.74) is 6.13. The van der Waals surface area contributed by atoms with E-state index in [2.05, 4.69) is 114 Å². The third-order valence-electron chi connectivity index (χ3n) is 18.1. The van der Waals surface area contributed by atoms with E-state index in [1.165, 1.54) is 34.5 Å². The second-order valence-corrected chi connectivity index (χ2v) is 27.8. The highest BCUT2D eigenvalue weighted by molar-refractivity contribution is 9.11. The minimum absolute atomic E-state index is 0.0129. The van der Waals surface area contributed by atoms with Gasteiger partial charge >= 0.3 is 18.3 Å². The van der Waals surface area contributed by atoms with Crippen molar-refractivity contribution in [3.05, 3.63) is 213 Å². The molecule has 8 aromatic carbocycles. The first-order valence-electron chi connectivity index (χ1n) is 36.8. The minimum Gasteiger partial charge on any atom is -0.493 e. The summed E-state index contributed by atoms with van der Waals surface area (Å²) >= 11 is 6.85. The second kappa shape index (κ2) is 39.3. The highest BCUT2D eigenvalue weighted by Gasteiger charge is 2.37. The molecule has 4 aliphatic heterocycles. The van der Waals surface area contributed by atoms with Crippen molar-refractivity contribution >= 4 is 130 Å². The molecule has 40 heteroatoms. The monoisotopic (exact) mass is 1820 g/mol. The Kier molecular flexibility index (Phi) is 27.6. The average Bonchev–Trinajstić information content (AvgIpc) is 1.63. The molecule has 0 saturated heterocycles. The van der Waals surface area contributed by atoms with Crippen molar-refractivity contribution in [2.24, 2.45) is 0 Å². The van der Waals surface area contributed by atoms with E-state index < -0.39 is 29.3 Å².